The summed E-state index contributed by atoms with van der Waals surface area (Å²) in [4.78, 5) is 45.9. The Labute approximate surface area is 245 Å². The van der Waals surface area contributed by atoms with Crippen LogP contribution in [0.1, 0.15) is 15.9 Å². The number of nitrogens with one attached hydrogen (secondary N) is 1. The maximum Gasteiger partial charge on any atom is 0.252 e. The topological polar surface area (TPSA) is 130 Å². The lowest BCUT2D eigenvalue weighted by atomic mass is 10.0. The molecule has 11 nitrogen and oxygen atoms in total. The second kappa shape index (κ2) is 12.4. The predicted octanol–water partition coefficient (Wildman–Crippen LogP) is 2.46. The molecule has 4 aromatic rings. The molecule has 5 rings (SSSR count). The third-order valence-electron chi connectivity index (χ3n) is 7.43. The molecular formula is C31H36N8O3. The Balaban J connectivity index is 1.35. The SMILES string of the molecule is COc1cccc(-c2ccc(C[C@H](NC(=O)c3ccc4c(N5CCN(C)CC5)nc(N)nc4c3)C(=O)N(C)C)cc2)n1. The van der Waals surface area contributed by atoms with Crippen molar-refractivity contribution in [2.45, 2.75) is 12.5 Å². The molecule has 42 heavy (non-hydrogen) atoms. The van der Waals surface area contributed by atoms with Gasteiger partial charge in [-0.1, -0.05) is 30.3 Å². The molecule has 2 aromatic carbocycles. The van der Waals surface area contributed by atoms with E-state index in [2.05, 4.69) is 37.1 Å². The number of methoxy groups -OCH3 is 1. The Morgan fingerprint density at radius 3 is 2.43 bits per heavy atom. The predicted molar refractivity (Wildman–Crippen MR) is 164 cm³/mol. The molecule has 1 saturated heterocycles. The molecule has 0 radical (unpaired) electrons. The van der Waals surface area contributed by atoms with E-state index in [-0.39, 0.29) is 17.8 Å². The molecule has 2 aromatic heterocycles. The smallest absolute Gasteiger partial charge is 0.252 e. The van der Waals surface area contributed by atoms with E-state index in [9.17, 15) is 9.59 Å². The summed E-state index contributed by atoms with van der Waals surface area (Å²) in [5.41, 5.74) is 9.65. The first-order valence-corrected chi connectivity index (χ1v) is 13.8. The monoisotopic (exact) mass is 568 g/mol. The van der Waals surface area contributed by atoms with E-state index in [1.54, 1.807) is 39.4 Å². The Morgan fingerprint density at radius 1 is 1.00 bits per heavy atom. The van der Waals surface area contributed by atoms with E-state index in [0.717, 1.165) is 54.2 Å². The fraction of sp³-hybridized carbons (Fsp3) is 0.323. The van der Waals surface area contributed by atoms with Gasteiger partial charge in [0.15, 0.2) is 0 Å². The van der Waals surface area contributed by atoms with Crippen molar-refractivity contribution >= 4 is 34.5 Å². The number of aromatic nitrogens is 3. The normalized spacial score (nSPS) is 14.4. The summed E-state index contributed by atoms with van der Waals surface area (Å²) in [5.74, 6) is 0.890. The molecule has 1 aliphatic heterocycles. The second-order valence-electron chi connectivity index (χ2n) is 10.7. The summed E-state index contributed by atoms with van der Waals surface area (Å²) in [7, 11) is 7.03. The van der Waals surface area contributed by atoms with Crippen molar-refractivity contribution in [3.05, 3.63) is 71.8 Å². The Bertz CT molecular complexity index is 1580. The largest absolute Gasteiger partial charge is 0.481 e. The van der Waals surface area contributed by atoms with E-state index < -0.39 is 6.04 Å². The number of amides is 2. The minimum atomic E-state index is -0.764. The van der Waals surface area contributed by atoms with Crippen molar-refractivity contribution in [1.29, 1.82) is 0 Å². The van der Waals surface area contributed by atoms with Crippen LogP contribution in [0, 0.1) is 0 Å². The molecule has 2 amide bonds. The van der Waals surface area contributed by atoms with Crippen LogP contribution in [-0.2, 0) is 11.2 Å². The van der Waals surface area contributed by atoms with Gasteiger partial charge in [-0.25, -0.2) is 9.97 Å². The van der Waals surface area contributed by atoms with Crippen molar-refractivity contribution in [3.8, 4) is 17.1 Å². The number of hydrogen-bond acceptors (Lipinski definition) is 9. The highest BCUT2D eigenvalue weighted by atomic mass is 16.5. The molecule has 218 valence electrons. The van der Waals surface area contributed by atoms with E-state index in [4.69, 9.17) is 10.5 Å². The van der Waals surface area contributed by atoms with Crippen LogP contribution in [0.4, 0.5) is 11.8 Å². The first kappa shape index (κ1) is 28.7. The van der Waals surface area contributed by atoms with Crippen LogP contribution < -0.4 is 20.7 Å². The average molecular weight is 569 g/mol. The number of piperazine rings is 1. The summed E-state index contributed by atoms with van der Waals surface area (Å²) >= 11 is 0. The molecule has 1 atom stereocenters. The van der Waals surface area contributed by atoms with Gasteiger partial charge in [-0.05, 0) is 36.9 Å². The molecule has 0 bridgehead atoms. The van der Waals surface area contributed by atoms with Crippen LogP contribution in [0.2, 0.25) is 0 Å². The van der Waals surface area contributed by atoms with Crippen molar-refractivity contribution in [1.82, 2.24) is 30.1 Å². The van der Waals surface area contributed by atoms with Gasteiger partial charge in [-0.3, -0.25) is 9.59 Å². The number of anilines is 2. The van der Waals surface area contributed by atoms with Crippen molar-refractivity contribution in [2.24, 2.45) is 0 Å². The van der Waals surface area contributed by atoms with Crippen LogP contribution in [0.25, 0.3) is 22.2 Å². The quantitative estimate of drug-likeness (QED) is 0.329. The maximum absolute atomic E-state index is 13.4. The summed E-state index contributed by atoms with van der Waals surface area (Å²) in [5, 5.41) is 3.77. The lowest BCUT2D eigenvalue weighted by Crippen LogP contribution is -2.47. The number of nitrogen functional groups attached to an aromatic ring is 1. The van der Waals surface area contributed by atoms with E-state index in [0.29, 0.717) is 23.4 Å². The molecule has 3 heterocycles. The summed E-state index contributed by atoms with van der Waals surface area (Å²) in [6.07, 6.45) is 0.324. The lowest BCUT2D eigenvalue weighted by Gasteiger charge is -2.33. The number of hydrogen-bond donors (Lipinski definition) is 2. The van der Waals surface area contributed by atoms with Gasteiger partial charge in [0.05, 0.1) is 18.3 Å². The molecule has 0 saturated carbocycles. The fourth-order valence-electron chi connectivity index (χ4n) is 5.02. The average Bonchev–Trinajstić information content (AvgIpc) is 3.00. The third kappa shape index (κ3) is 6.41. The number of carbonyl (C=O) groups is 2. The number of nitrogens with zero attached hydrogens (tertiary/aromatic N) is 6. The van der Waals surface area contributed by atoms with Gasteiger partial charge in [0, 0.05) is 69.3 Å². The number of pyridine rings is 1. The minimum absolute atomic E-state index is 0.155. The molecule has 1 fully saturated rings. The minimum Gasteiger partial charge on any atom is -0.481 e. The highest BCUT2D eigenvalue weighted by Crippen LogP contribution is 2.27. The molecule has 0 unspecified atom stereocenters. The summed E-state index contributed by atoms with van der Waals surface area (Å²) < 4.78 is 5.23. The first-order valence-electron chi connectivity index (χ1n) is 13.8. The molecule has 1 aliphatic rings. The highest BCUT2D eigenvalue weighted by Gasteiger charge is 2.25. The van der Waals surface area contributed by atoms with Crippen LogP contribution in [0.15, 0.2) is 60.7 Å². The van der Waals surface area contributed by atoms with E-state index in [1.807, 2.05) is 42.5 Å². The Hall–Kier alpha value is -4.77. The summed E-state index contributed by atoms with van der Waals surface area (Å²) in [6.45, 7) is 3.51. The highest BCUT2D eigenvalue weighted by molar-refractivity contribution is 6.02. The van der Waals surface area contributed by atoms with Crippen LogP contribution in [0.5, 0.6) is 5.88 Å². The van der Waals surface area contributed by atoms with Gasteiger partial charge in [-0.2, -0.15) is 4.98 Å². The number of carbonyl (C=O) groups excluding carboxylic acids is 2. The molecular weight excluding hydrogens is 532 g/mol. The van der Waals surface area contributed by atoms with E-state index in [1.165, 1.54) is 4.90 Å². The van der Waals surface area contributed by atoms with Crippen LogP contribution in [-0.4, -0.2) is 97.0 Å². The zero-order chi connectivity index (χ0) is 29.8. The van der Waals surface area contributed by atoms with Crippen LogP contribution >= 0.6 is 0 Å². The number of likely N-dealkylation sites (N-methyl/N-ethyl adjacent to an activating group) is 2. The zero-order valence-corrected chi connectivity index (χ0v) is 24.4. The number of fused-ring (bicyclic) bond motifs is 1. The second-order valence-corrected chi connectivity index (χ2v) is 10.7. The standard InChI is InChI=1S/C31H36N8O3/c1-37(2)30(41)26(18-20-8-10-21(11-9-20)24-6-5-7-27(33-24)42-4)34-29(40)22-12-13-23-25(19-22)35-31(32)36-28(23)39-16-14-38(3)15-17-39/h5-13,19,26H,14-18H2,1-4H3,(H,34,40)(H2,32,35,36)/t26-/m0/s1. The number of nitrogens with two attached hydrogens (primary N) is 1. The number of ether oxygens (including phenoxy) is 1. The van der Waals surface area contributed by atoms with Gasteiger partial charge >= 0.3 is 0 Å². The maximum atomic E-state index is 13.4. The zero-order valence-electron chi connectivity index (χ0n) is 24.4. The van der Waals surface area contributed by atoms with Gasteiger partial charge in [0.25, 0.3) is 5.91 Å². The fourth-order valence-corrected chi connectivity index (χ4v) is 5.02. The Kier molecular flexibility index (Phi) is 8.48. The van der Waals surface area contributed by atoms with Crippen molar-refractivity contribution in [3.63, 3.8) is 0 Å². The third-order valence-corrected chi connectivity index (χ3v) is 7.43. The summed E-state index contributed by atoms with van der Waals surface area (Å²) in [6, 6.07) is 17.9. The first-order chi connectivity index (χ1) is 20.2. The molecule has 0 aliphatic carbocycles. The van der Waals surface area contributed by atoms with E-state index >= 15 is 0 Å². The molecule has 3 N–H and O–H groups in total. The van der Waals surface area contributed by atoms with Crippen LogP contribution in [0.3, 0.4) is 0 Å². The Morgan fingerprint density at radius 2 is 1.74 bits per heavy atom. The van der Waals surface area contributed by atoms with Gasteiger partial charge in [-0.15, -0.1) is 0 Å². The van der Waals surface area contributed by atoms with Gasteiger partial charge in [0.1, 0.15) is 11.9 Å². The van der Waals surface area contributed by atoms with Crippen molar-refractivity contribution in [2.75, 3.05) is 65.1 Å². The molecule has 0 spiro atoms. The number of benzene rings is 2. The molecule has 11 heteroatoms. The lowest BCUT2D eigenvalue weighted by molar-refractivity contribution is -0.130. The van der Waals surface area contributed by atoms with Crippen molar-refractivity contribution < 1.29 is 14.3 Å². The van der Waals surface area contributed by atoms with Gasteiger partial charge < -0.3 is 30.5 Å². The van der Waals surface area contributed by atoms with Gasteiger partial charge in [0.2, 0.25) is 17.7 Å². The number of rotatable bonds is 8.